The standard InChI is InChI=1S/C11H20.C7H14.2C6H11F3.C6H12.C6H14.3C5H12/c1-10-4-8-11(9-5-10)6-2-3-7-11;1-7-5-3-2-4-6-7;2*1-3-5(2)4-6(7,8)9;1-6-4-2-3-5-6;1-5-6(2,3)4;2*1-5(2,3)4;1-4-5(2)3/h10H,2-9H2,1H3;7H,2-6H2,1H3;2*5H,3-4H2,1-2H3;6H,2-5H2,1H3;5H2,1-4H3;2*1-4H3;5H,4H2,1-3H3/t;;2*5-;;;;;/m..00...../s1/i;7D;;;6D;5D2;1D3;;4D2. The highest BCUT2D eigenvalue weighted by Gasteiger charge is 2.36. The van der Waals surface area contributed by atoms with E-state index in [1.54, 1.807) is 88.0 Å². The molecule has 0 N–H and O–H groups in total. The van der Waals surface area contributed by atoms with Crippen molar-refractivity contribution in [2.75, 3.05) is 0 Å². The van der Waals surface area contributed by atoms with Crippen molar-refractivity contribution in [3.63, 3.8) is 0 Å². The maximum absolute atomic E-state index is 11.5. The van der Waals surface area contributed by atoms with E-state index in [-0.39, 0.29) is 35.0 Å². The number of hydrogen-bond acceptors (Lipinski definition) is 0. The Morgan fingerprint density at radius 2 is 0.794 bits per heavy atom. The summed E-state index contributed by atoms with van der Waals surface area (Å²) in [6.07, 6.45) is 13.1. The molecule has 0 aromatic heterocycles. The third-order valence-electron chi connectivity index (χ3n) is 11.0. The van der Waals surface area contributed by atoms with Crippen LogP contribution >= 0.6 is 0 Å². The molecule has 2 atom stereocenters. The summed E-state index contributed by atoms with van der Waals surface area (Å²) in [5, 5.41) is 0. The van der Waals surface area contributed by atoms with Gasteiger partial charge in [-0.1, -0.05) is 261 Å². The molecular formula is C57H118F6. The van der Waals surface area contributed by atoms with Gasteiger partial charge in [0.2, 0.25) is 0 Å². The second-order valence-electron chi connectivity index (χ2n) is 23.4. The van der Waals surface area contributed by atoms with E-state index in [0.717, 1.165) is 37.0 Å². The van der Waals surface area contributed by atoms with E-state index in [9.17, 15) is 26.3 Å². The Kier molecular flexibility index (Phi) is 32.7. The summed E-state index contributed by atoms with van der Waals surface area (Å²) < 4.78 is 133. The average molecular weight is 927 g/mol. The first kappa shape index (κ1) is 53.5. The molecule has 0 aliphatic heterocycles. The predicted octanol–water partition coefficient (Wildman–Crippen LogP) is 23.1. The van der Waals surface area contributed by atoms with Gasteiger partial charge in [0.05, 0.1) is 0 Å². The number of alkyl halides is 6. The van der Waals surface area contributed by atoms with Crippen molar-refractivity contribution in [3.05, 3.63) is 0 Å². The number of rotatable bonds is 5. The van der Waals surface area contributed by atoms with Crippen molar-refractivity contribution < 1.29 is 38.7 Å². The molecule has 0 bridgehead atoms. The van der Waals surface area contributed by atoms with Gasteiger partial charge in [0.1, 0.15) is 0 Å². The van der Waals surface area contributed by atoms with E-state index in [1.807, 2.05) is 48.5 Å². The van der Waals surface area contributed by atoms with Crippen molar-refractivity contribution >= 4 is 0 Å². The maximum Gasteiger partial charge on any atom is 0.389 e. The predicted molar refractivity (Wildman–Crippen MR) is 274 cm³/mol. The van der Waals surface area contributed by atoms with Crippen molar-refractivity contribution in [2.45, 2.75) is 312 Å². The molecule has 0 unspecified atom stereocenters. The van der Waals surface area contributed by atoms with E-state index in [4.69, 9.17) is 12.3 Å². The van der Waals surface area contributed by atoms with E-state index in [1.165, 1.54) is 57.8 Å². The lowest BCUT2D eigenvalue weighted by atomic mass is 9.70. The second-order valence-corrected chi connectivity index (χ2v) is 23.4. The highest BCUT2D eigenvalue weighted by atomic mass is 19.4. The van der Waals surface area contributed by atoms with Gasteiger partial charge >= 0.3 is 12.4 Å². The van der Waals surface area contributed by atoms with Crippen LogP contribution in [-0.4, -0.2) is 12.4 Å². The summed E-state index contributed by atoms with van der Waals surface area (Å²) >= 11 is 0. The van der Waals surface area contributed by atoms with Crippen molar-refractivity contribution in [1.29, 1.82) is 0 Å². The first-order valence-electron chi connectivity index (χ1n) is 29.7. The van der Waals surface area contributed by atoms with Crippen molar-refractivity contribution in [3.8, 4) is 0 Å². The quantitative estimate of drug-likeness (QED) is 0.241. The Bertz CT molecular complexity index is 1180. The molecule has 0 nitrogen and oxygen atoms in total. The lowest BCUT2D eigenvalue weighted by Gasteiger charge is -2.36. The lowest BCUT2D eigenvalue weighted by molar-refractivity contribution is -0.144. The third kappa shape index (κ3) is 73.4. The van der Waals surface area contributed by atoms with Crippen LogP contribution in [-0.2, 0) is 0 Å². The topological polar surface area (TPSA) is 0 Å². The summed E-state index contributed by atoms with van der Waals surface area (Å²) in [5.74, 6) is 0.571. The monoisotopic (exact) mass is 926 g/mol. The SMILES string of the molecule is CC(C)(C)C.CC1CCC2(CCCC2)CC1.CC[C@H](C)CC(F)(F)F.CC[C@H](C)CC(F)(F)F.[2H]C([2H])(C)C(C)(C)C.[2H]C([2H])(C)C(C)C.[2H]C([2H])([2H])C(C)(C)C.[2H]C1(C)CCCC1.[2H]C1(C)CCCCC1. The molecule has 4 aliphatic rings. The fraction of sp³-hybridized carbons (Fsp3) is 1.00. The van der Waals surface area contributed by atoms with Gasteiger partial charge in [0.15, 0.2) is 0 Å². The summed E-state index contributed by atoms with van der Waals surface area (Å²) in [6, 6.07) is 0. The average Bonchev–Trinajstić information content (AvgIpc) is 3.78. The van der Waals surface area contributed by atoms with Crippen molar-refractivity contribution in [1.82, 2.24) is 0 Å². The van der Waals surface area contributed by atoms with E-state index >= 15 is 0 Å². The minimum absolute atomic E-state index is 0.0556. The second kappa shape index (κ2) is 38.5. The van der Waals surface area contributed by atoms with Crippen LogP contribution in [0.5, 0.6) is 0 Å². The molecule has 0 amide bonds. The van der Waals surface area contributed by atoms with Gasteiger partial charge in [-0.3, -0.25) is 0 Å². The normalized spacial score (nSPS) is 22.8. The molecule has 388 valence electrons. The van der Waals surface area contributed by atoms with Crippen LogP contribution in [0.25, 0.3) is 0 Å². The molecule has 0 saturated heterocycles. The van der Waals surface area contributed by atoms with Crippen LogP contribution in [0.4, 0.5) is 26.3 Å². The van der Waals surface area contributed by atoms with Gasteiger partial charge in [-0.05, 0) is 82.8 Å². The molecular weight excluding hydrogens is 799 g/mol. The Labute approximate surface area is 407 Å². The first-order valence-corrected chi connectivity index (χ1v) is 25.2. The van der Waals surface area contributed by atoms with E-state index in [0.29, 0.717) is 18.3 Å². The van der Waals surface area contributed by atoms with Gasteiger partial charge in [-0.2, -0.15) is 26.3 Å². The number of hydrogen-bond donors (Lipinski definition) is 0. The van der Waals surface area contributed by atoms with Crippen LogP contribution in [0.1, 0.15) is 312 Å². The summed E-state index contributed by atoms with van der Waals surface area (Å²) in [6.45, 7) is 37.9. The Balaban J connectivity index is -0.000000235. The molecule has 1 spiro atoms. The Morgan fingerprint density at radius 3 is 0.952 bits per heavy atom. The molecule has 4 saturated carbocycles. The van der Waals surface area contributed by atoms with Crippen LogP contribution in [0.3, 0.4) is 0 Å². The molecule has 0 aromatic rings. The lowest BCUT2D eigenvalue weighted by Crippen LogP contribution is -2.23. The highest BCUT2D eigenvalue weighted by molar-refractivity contribution is 4.88. The van der Waals surface area contributed by atoms with Crippen LogP contribution in [0.2, 0.25) is 0 Å². The molecule has 4 fully saturated rings. The summed E-state index contributed by atoms with van der Waals surface area (Å²) in [5.41, 5.74) is 0.562. The molecule has 0 radical (unpaired) electrons. The minimum Gasteiger partial charge on any atom is -0.171 e. The fourth-order valence-corrected chi connectivity index (χ4v) is 6.21. The first-order chi connectivity index (χ1) is 31.6. The van der Waals surface area contributed by atoms with Gasteiger partial charge in [0.25, 0.3) is 0 Å². The van der Waals surface area contributed by atoms with Crippen LogP contribution < -0.4 is 0 Å². The molecule has 4 rings (SSSR count). The van der Waals surface area contributed by atoms with Gasteiger partial charge in [-0.15, -0.1) is 0 Å². The Morgan fingerprint density at radius 1 is 0.524 bits per heavy atom. The molecule has 0 heterocycles. The van der Waals surface area contributed by atoms with E-state index in [2.05, 4.69) is 34.6 Å². The van der Waals surface area contributed by atoms with Crippen molar-refractivity contribution in [2.24, 2.45) is 57.1 Å². The summed E-state index contributed by atoms with van der Waals surface area (Å²) in [7, 11) is 0. The Hall–Kier alpha value is -0.420. The smallest absolute Gasteiger partial charge is 0.171 e. The minimum atomic E-state index is -3.98. The third-order valence-corrected chi connectivity index (χ3v) is 11.0. The molecule has 0 aromatic carbocycles. The van der Waals surface area contributed by atoms with E-state index < -0.39 is 50.2 Å². The zero-order valence-corrected chi connectivity index (χ0v) is 45.9. The maximum atomic E-state index is 11.5. The zero-order chi connectivity index (χ0) is 58.7. The zero-order valence-electron chi connectivity index (χ0n) is 54.9. The molecule has 4 aliphatic carbocycles. The van der Waals surface area contributed by atoms with Crippen LogP contribution in [0, 0.1) is 57.1 Å². The van der Waals surface area contributed by atoms with Gasteiger partial charge in [0, 0.05) is 25.2 Å². The molecule has 63 heavy (non-hydrogen) atoms. The van der Waals surface area contributed by atoms with Gasteiger partial charge < -0.3 is 0 Å². The highest BCUT2D eigenvalue weighted by Crippen LogP contribution is 2.50. The largest absolute Gasteiger partial charge is 0.389 e. The fourth-order valence-electron chi connectivity index (χ4n) is 6.21. The van der Waals surface area contributed by atoms with Gasteiger partial charge in [-0.25, -0.2) is 0 Å². The molecule has 6 heteroatoms. The summed E-state index contributed by atoms with van der Waals surface area (Å²) in [4.78, 5) is 0. The number of halogens is 6. The van der Waals surface area contributed by atoms with Crippen LogP contribution in [0.15, 0.2) is 0 Å².